The number of fused-ring (bicyclic) bond motifs is 1. The molecule has 1 aliphatic rings. The summed E-state index contributed by atoms with van der Waals surface area (Å²) in [6.45, 7) is 7.00. The number of sulfone groups is 1. The zero-order valence-corrected chi connectivity index (χ0v) is 21.4. The van der Waals surface area contributed by atoms with Crippen molar-refractivity contribution in [2.75, 3.05) is 12.4 Å². The summed E-state index contributed by atoms with van der Waals surface area (Å²) in [5.74, 6) is 0.111. The predicted octanol–water partition coefficient (Wildman–Crippen LogP) is 5.62. The normalized spacial score (nSPS) is 21.0. The maximum absolute atomic E-state index is 13.3. The molecule has 1 aromatic carbocycles. The van der Waals surface area contributed by atoms with E-state index in [9.17, 15) is 13.2 Å². The number of carbonyl (C=O) groups excluding carboxylic acids is 1. The molecule has 4 rings (SSSR count). The van der Waals surface area contributed by atoms with E-state index in [1.165, 1.54) is 11.3 Å². The van der Waals surface area contributed by atoms with Gasteiger partial charge < -0.3 is 9.15 Å². The highest BCUT2D eigenvalue weighted by molar-refractivity contribution is 7.92. The van der Waals surface area contributed by atoms with Crippen LogP contribution in [0.25, 0.3) is 21.9 Å². The number of hydrogen-bond acceptors (Lipinski definition) is 7. The Morgan fingerprint density at radius 2 is 1.97 bits per heavy atom. The standard InChI is InChI=1S/C23H29NO5S2Si/c1-32(2,3)15-13-28-21(25)16-23(12-6-7-14-31(23,26)27)20-11-10-19(30-20)22-24-17-8-4-5-9-18(17)29-22/h4-5,8-11H,6-7,12-16H2,1-3H3/t23-/m0/s1. The largest absolute Gasteiger partial charge is 0.466 e. The number of aromatic nitrogens is 1. The summed E-state index contributed by atoms with van der Waals surface area (Å²) < 4.78 is 36.8. The Labute approximate surface area is 193 Å². The molecule has 0 radical (unpaired) electrons. The van der Waals surface area contributed by atoms with Crippen molar-refractivity contribution in [3.63, 3.8) is 0 Å². The molecule has 1 aliphatic heterocycles. The van der Waals surface area contributed by atoms with Crippen LogP contribution in [0.2, 0.25) is 25.7 Å². The Kier molecular flexibility index (Phi) is 6.35. The highest BCUT2D eigenvalue weighted by atomic mass is 32.2. The minimum absolute atomic E-state index is 0.0886. The summed E-state index contributed by atoms with van der Waals surface area (Å²) >= 11 is 1.34. The molecule has 0 saturated carbocycles. The Morgan fingerprint density at radius 3 is 2.69 bits per heavy atom. The quantitative estimate of drug-likeness (QED) is 0.315. The van der Waals surface area contributed by atoms with Crippen LogP contribution in [0.1, 0.15) is 30.6 Å². The number of para-hydroxylation sites is 2. The van der Waals surface area contributed by atoms with Crippen molar-refractivity contribution in [1.29, 1.82) is 0 Å². The lowest BCUT2D eigenvalue weighted by Crippen LogP contribution is -2.42. The van der Waals surface area contributed by atoms with E-state index in [4.69, 9.17) is 9.15 Å². The predicted molar refractivity (Wildman–Crippen MR) is 130 cm³/mol. The van der Waals surface area contributed by atoms with Gasteiger partial charge in [0.1, 0.15) is 10.3 Å². The van der Waals surface area contributed by atoms with Crippen LogP contribution in [0.5, 0.6) is 0 Å². The molecule has 6 nitrogen and oxygen atoms in total. The van der Waals surface area contributed by atoms with Gasteiger partial charge in [-0.3, -0.25) is 4.79 Å². The van der Waals surface area contributed by atoms with Crippen molar-refractivity contribution in [3.8, 4) is 10.8 Å². The van der Waals surface area contributed by atoms with Crippen molar-refractivity contribution in [2.45, 2.75) is 56.1 Å². The fourth-order valence-corrected chi connectivity index (χ4v) is 8.45. The minimum Gasteiger partial charge on any atom is -0.466 e. The second kappa shape index (κ2) is 8.76. The number of nitrogens with zero attached hydrogens (tertiary/aromatic N) is 1. The average molecular weight is 492 g/mol. The van der Waals surface area contributed by atoms with E-state index in [0.717, 1.165) is 22.9 Å². The van der Waals surface area contributed by atoms with Crippen molar-refractivity contribution < 1.29 is 22.4 Å². The van der Waals surface area contributed by atoms with Crippen LogP contribution >= 0.6 is 11.3 Å². The third-order valence-corrected chi connectivity index (χ3v) is 11.6. The fraction of sp³-hybridized carbons (Fsp3) is 0.478. The average Bonchev–Trinajstić information content (AvgIpc) is 3.35. The smallest absolute Gasteiger partial charge is 0.307 e. The minimum atomic E-state index is -3.51. The monoisotopic (exact) mass is 491 g/mol. The summed E-state index contributed by atoms with van der Waals surface area (Å²) in [4.78, 5) is 18.7. The number of thiophene rings is 1. The van der Waals surface area contributed by atoms with Gasteiger partial charge in [0.05, 0.1) is 23.7 Å². The number of hydrogen-bond donors (Lipinski definition) is 0. The van der Waals surface area contributed by atoms with E-state index in [0.29, 0.717) is 35.8 Å². The van der Waals surface area contributed by atoms with E-state index in [1.807, 2.05) is 36.4 Å². The Bertz CT molecular complexity index is 1190. The van der Waals surface area contributed by atoms with Gasteiger partial charge in [-0.25, -0.2) is 13.4 Å². The Hall–Kier alpha value is -1.97. The van der Waals surface area contributed by atoms with Gasteiger partial charge in [-0.2, -0.15) is 0 Å². The van der Waals surface area contributed by atoms with Crippen molar-refractivity contribution in [1.82, 2.24) is 4.98 Å². The lowest BCUT2D eigenvalue weighted by molar-refractivity contribution is -0.144. The van der Waals surface area contributed by atoms with Crippen molar-refractivity contribution in [2.24, 2.45) is 0 Å². The molecule has 9 heteroatoms. The first-order valence-electron chi connectivity index (χ1n) is 10.9. The lowest BCUT2D eigenvalue weighted by Gasteiger charge is -2.35. The van der Waals surface area contributed by atoms with Gasteiger partial charge in [-0.05, 0) is 43.2 Å². The SMILES string of the molecule is C[Si](C)(C)CCOC(=O)C[C@]1(c2ccc(-c3nc4ccccc4o3)s2)CCCCS1(=O)=O. The molecule has 0 aliphatic carbocycles. The Morgan fingerprint density at radius 1 is 1.19 bits per heavy atom. The van der Waals surface area contributed by atoms with Gasteiger partial charge in [0.25, 0.3) is 0 Å². The molecule has 0 bridgehead atoms. The zero-order chi connectivity index (χ0) is 23.0. The lowest BCUT2D eigenvalue weighted by atomic mass is 9.95. The zero-order valence-electron chi connectivity index (χ0n) is 18.7. The summed E-state index contributed by atoms with van der Waals surface area (Å²) in [5, 5.41) is 0. The molecule has 32 heavy (non-hydrogen) atoms. The molecule has 0 unspecified atom stereocenters. The van der Waals surface area contributed by atoms with Gasteiger partial charge in [0.2, 0.25) is 5.89 Å². The van der Waals surface area contributed by atoms with Gasteiger partial charge in [0.15, 0.2) is 15.4 Å². The molecule has 0 N–H and O–H groups in total. The third kappa shape index (κ3) is 4.70. The van der Waals surface area contributed by atoms with E-state index in [1.54, 1.807) is 0 Å². The second-order valence-corrected chi connectivity index (χ2v) is 18.8. The van der Waals surface area contributed by atoms with Crippen LogP contribution in [0.3, 0.4) is 0 Å². The molecule has 172 valence electrons. The number of oxazole rings is 1. The first-order valence-corrected chi connectivity index (χ1v) is 17.1. The summed E-state index contributed by atoms with van der Waals surface area (Å²) in [6, 6.07) is 12.0. The topological polar surface area (TPSA) is 86.5 Å². The number of ether oxygens (including phenoxy) is 1. The van der Waals surface area contributed by atoms with Crippen LogP contribution in [0.4, 0.5) is 0 Å². The highest BCUT2D eigenvalue weighted by Gasteiger charge is 2.49. The number of esters is 1. The highest BCUT2D eigenvalue weighted by Crippen LogP contribution is 2.47. The van der Waals surface area contributed by atoms with E-state index >= 15 is 0 Å². The molecular formula is C23H29NO5S2Si. The first-order chi connectivity index (χ1) is 15.1. The van der Waals surface area contributed by atoms with Crippen LogP contribution in [-0.2, 0) is 24.1 Å². The Balaban J connectivity index is 1.63. The number of carbonyl (C=O) groups is 1. The van der Waals surface area contributed by atoms with Gasteiger partial charge in [-0.1, -0.05) is 38.2 Å². The molecule has 0 amide bonds. The van der Waals surface area contributed by atoms with Gasteiger partial charge in [0, 0.05) is 13.0 Å². The van der Waals surface area contributed by atoms with Crippen LogP contribution < -0.4 is 0 Å². The molecule has 3 heterocycles. The summed E-state index contributed by atoms with van der Waals surface area (Å²) in [5.41, 5.74) is 1.44. The molecular weight excluding hydrogens is 462 g/mol. The second-order valence-electron chi connectivity index (χ2n) is 9.63. The fourth-order valence-electron chi connectivity index (χ4n) is 4.05. The van der Waals surface area contributed by atoms with Crippen LogP contribution in [0.15, 0.2) is 40.8 Å². The molecule has 2 aromatic heterocycles. The first kappa shape index (κ1) is 23.2. The van der Waals surface area contributed by atoms with Crippen molar-refractivity contribution >= 4 is 46.3 Å². The summed E-state index contributed by atoms with van der Waals surface area (Å²) in [7, 11) is -4.86. The van der Waals surface area contributed by atoms with E-state index in [2.05, 4.69) is 24.6 Å². The van der Waals surface area contributed by atoms with Crippen LogP contribution in [0, 0.1) is 0 Å². The van der Waals surface area contributed by atoms with Gasteiger partial charge in [-0.15, -0.1) is 11.3 Å². The van der Waals surface area contributed by atoms with E-state index in [-0.39, 0.29) is 12.2 Å². The van der Waals surface area contributed by atoms with Crippen LogP contribution in [-0.4, -0.2) is 39.8 Å². The third-order valence-electron chi connectivity index (χ3n) is 5.94. The van der Waals surface area contributed by atoms with Gasteiger partial charge >= 0.3 is 5.97 Å². The maximum Gasteiger partial charge on any atom is 0.307 e. The summed E-state index contributed by atoms with van der Waals surface area (Å²) in [6.07, 6.45) is 1.66. The number of benzene rings is 1. The molecule has 1 saturated heterocycles. The molecule has 1 atom stereocenters. The maximum atomic E-state index is 13.3. The van der Waals surface area contributed by atoms with Crippen molar-refractivity contribution in [3.05, 3.63) is 41.3 Å². The molecule has 3 aromatic rings. The molecule has 1 fully saturated rings. The molecule has 0 spiro atoms. The van der Waals surface area contributed by atoms with E-state index < -0.39 is 28.6 Å². The number of rotatable bonds is 7.